The van der Waals surface area contributed by atoms with Crippen LogP contribution in [0.2, 0.25) is 0 Å². The van der Waals surface area contributed by atoms with Crippen LogP contribution in [0.5, 0.6) is 0 Å². The van der Waals surface area contributed by atoms with Crippen molar-refractivity contribution >= 4 is 0 Å². The van der Waals surface area contributed by atoms with E-state index in [1.165, 1.54) is 101 Å². The molecule has 0 aliphatic heterocycles. The minimum atomic E-state index is 1.15. The zero-order valence-electron chi connectivity index (χ0n) is 19.1. The third-order valence-electron chi connectivity index (χ3n) is 6.70. The van der Waals surface area contributed by atoms with Crippen molar-refractivity contribution in [3.05, 3.63) is 58.7 Å². The van der Waals surface area contributed by atoms with Crippen molar-refractivity contribution in [2.75, 3.05) is 0 Å². The van der Waals surface area contributed by atoms with Crippen LogP contribution >= 0.6 is 0 Å². The van der Waals surface area contributed by atoms with Crippen LogP contribution < -0.4 is 0 Å². The summed E-state index contributed by atoms with van der Waals surface area (Å²) < 4.78 is 0. The van der Waals surface area contributed by atoms with Gasteiger partial charge in [0.2, 0.25) is 0 Å². The Morgan fingerprint density at radius 2 is 1.24 bits per heavy atom. The molecule has 3 rings (SSSR count). The predicted molar refractivity (Wildman–Crippen MR) is 129 cm³/mol. The zero-order valence-corrected chi connectivity index (χ0v) is 19.1. The third kappa shape index (κ3) is 6.46. The van der Waals surface area contributed by atoms with Gasteiger partial charge in [0, 0.05) is 0 Å². The van der Waals surface area contributed by atoms with Crippen molar-refractivity contribution in [1.29, 1.82) is 0 Å². The largest absolute Gasteiger partial charge is 0.0654 e. The summed E-state index contributed by atoms with van der Waals surface area (Å²) in [6, 6.07) is 14.2. The molecule has 0 spiro atoms. The highest BCUT2D eigenvalue weighted by atomic mass is 14.3. The van der Waals surface area contributed by atoms with Crippen LogP contribution in [0, 0.1) is 0 Å². The first-order valence-electron chi connectivity index (χ1n) is 12.6. The molecule has 0 N–H and O–H groups in total. The van der Waals surface area contributed by atoms with E-state index in [-0.39, 0.29) is 0 Å². The van der Waals surface area contributed by atoms with Gasteiger partial charge < -0.3 is 0 Å². The molecule has 0 amide bonds. The van der Waals surface area contributed by atoms with E-state index in [4.69, 9.17) is 0 Å². The molecule has 1 aliphatic carbocycles. The van der Waals surface area contributed by atoms with E-state index < -0.39 is 0 Å². The molecule has 0 nitrogen and oxygen atoms in total. The van der Waals surface area contributed by atoms with Crippen molar-refractivity contribution in [2.45, 2.75) is 110 Å². The maximum atomic E-state index is 2.57. The summed E-state index contributed by atoms with van der Waals surface area (Å²) in [5.74, 6) is 0. The molecule has 29 heavy (non-hydrogen) atoms. The lowest BCUT2D eigenvalue weighted by Crippen LogP contribution is -1.97. The number of unbranched alkanes of at least 4 members (excludes halogenated alkanes) is 10. The van der Waals surface area contributed by atoms with E-state index in [2.05, 4.69) is 50.2 Å². The Balaban J connectivity index is 1.64. The van der Waals surface area contributed by atoms with E-state index in [9.17, 15) is 0 Å². The SMILES string of the molecule is CCCCCCCCc1cc(CCCCCCCC)c2c(c1)-c1ccccc1C2. The quantitative estimate of drug-likeness (QED) is 0.241. The highest BCUT2D eigenvalue weighted by Crippen LogP contribution is 2.39. The molecule has 1 aliphatic rings. The topological polar surface area (TPSA) is 0 Å². The van der Waals surface area contributed by atoms with Gasteiger partial charge in [0.15, 0.2) is 0 Å². The summed E-state index contributed by atoms with van der Waals surface area (Å²) in [5, 5.41) is 0. The highest BCUT2D eigenvalue weighted by Gasteiger charge is 2.21. The molecule has 0 heterocycles. The molecule has 0 unspecified atom stereocenters. The second-order valence-corrected chi connectivity index (χ2v) is 9.15. The van der Waals surface area contributed by atoms with Crippen LogP contribution in [-0.2, 0) is 19.3 Å². The van der Waals surface area contributed by atoms with E-state index >= 15 is 0 Å². The van der Waals surface area contributed by atoms with Crippen LogP contribution in [-0.4, -0.2) is 0 Å². The monoisotopic (exact) mass is 390 g/mol. The predicted octanol–water partition coefficient (Wildman–Crippen LogP) is 9.06. The van der Waals surface area contributed by atoms with Crippen molar-refractivity contribution in [2.24, 2.45) is 0 Å². The molecule has 0 fully saturated rings. The lowest BCUT2D eigenvalue weighted by atomic mass is 9.92. The van der Waals surface area contributed by atoms with E-state index in [0.29, 0.717) is 0 Å². The van der Waals surface area contributed by atoms with Crippen molar-refractivity contribution in [3.8, 4) is 11.1 Å². The first kappa shape index (κ1) is 22.1. The molecule has 0 atom stereocenters. The van der Waals surface area contributed by atoms with Gasteiger partial charge in [-0.1, -0.05) is 114 Å². The summed E-state index contributed by atoms with van der Waals surface area (Å²) in [4.78, 5) is 0. The van der Waals surface area contributed by atoms with Gasteiger partial charge >= 0.3 is 0 Å². The first-order valence-corrected chi connectivity index (χ1v) is 12.6. The molecular formula is C29H42. The lowest BCUT2D eigenvalue weighted by Gasteiger charge is -2.13. The summed E-state index contributed by atoms with van der Waals surface area (Å²) in [7, 11) is 0. The number of fused-ring (bicyclic) bond motifs is 3. The Labute approximate surface area is 180 Å². The number of hydrogen-bond donors (Lipinski definition) is 0. The third-order valence-corrected chi connectivity index (χ3v) is 6.70. The van der Waals surface area contributed by atoms with Gasteiger partial charge in [0.25, 0.3) is 0 Å². The Bertz CT molecular complexity index is 740. The van der Waals surface area contributed by atoms with E-state index in [0.717, 1.165) is 6.42 Å². The second-order valence-electron chi connectivity index (χ2n) is 9.15. The smallest absolute Gasteiger partial charge is 0.00107 e. The molecule has 0 aromatic heterocycles. The van der Waals surface area contributed by atoms with Gasteiger partial charge in [-0.15, -0.1) is 0 Å². The van der Waals surface area contributed by atoms with Crippen LogP contribution in [0.4, 0.5) is 0 Å². The lowest BCUT2D eigenvalue weighted by molar-refractivity contribution is 0.604. The standard InChI is InChI=1S/C29H42/c1-3-5-7-9-11-13-17-24-21-25(18-14-12-10-8-6-4-2)28-23-26-19-15-16-20-27(26)29(28)22-24/h15-16,19-22H,3-14,17-18,23H2,1-2H3. The average Bonchev–Trinajstić information content (AvgIpc) is 3.12. The zero-order chi connectivity index (χ0) is 20.3. The maximum absolute atomic E-state index is 2.57. The molecule has 158 valence electrons. The summed E-state index contributed by atoms with van der Waals surface area (Å²) >= 11 is 0. The number of benzene rings is 2. The van der Waals surface area contributed by atoms with Crippen LogP contribution in [0.25, 0.3) is 11.1 Å². The molecule has 2 aromatic carbocycles. The van der Waals surface area contributed by atoms with Crippen LogP contribution in [0.1, 0.15) is 113 Å². The number of hydrogen-bond acceptors (Lipinski definition) is 0. The fourth-order valence-corrected chi connectivity index (χ4v) is 4.95. The fourth-order valence-electron chi connectivity index (χ4n) is 4.95. The molecular weight excluding hydrogens is 348 g/mol. The summed E-state index contributed by atoms with van der Waals surface area (Å²) in [6.07, 6.45) is 20.3. The van der Waals surface area contributed by atoms with Gasteiger partial charge in [0.05, 0.1) is 0 Å². The Morgan fingerprint density at radius 1 is 0.621 bits per heavy atom. The summed E-state index contributed by atoms with van der Waals surface area (Å²) in [6.45, 7) is 4.60. The molecule has 0 bridgehead atoms. The minimum Gasteiger partial charge on any atom is -0.0654 e. The van der Waals surface area contributed by atoms with E-state index in [1.54, 1.807) is 22.3 Å². The number of aryl methyl sites for hydroxylation is 2. The molecule has 0 radical (unpaired) electrons. The summed E-state index contributed by atoms with van der Waals surface area (Å²) in [5.41, 5.74) is 9.43. The first-order chi connectivity index (χ1) is 14.3. The van der Waals surface area contributed by atoms with Crippen molar-refractivity contribution in [3.63, 3.8) is 0 Å². The Kier molecular flexibility index (Phi) is 9.32. The maximum Gasteiger partial charge on any atom is -0.00107 e. The van der Waals surface area contributed by atoms with Crippen LogP contribution in [0.15, 0.2) is 36.4 Å². The van der Waals surface area contributed by atoms with Gasteiger partial charge in [-0.05, 0) is 65.5 Å². The molecule has 0 heteroatoms. The average molecular weight is 391 g/mol. The molecule has 2 aromatic rings. The van der Waals surface area contributed by atoms with Gasteiger partial charge in [-0.25, -0.2) is 0 Å². The van der Waals surface area contributed by atoms with E-state index in [1.807, 2.05) is 0 Å². The Morgan fingerprint density at radius 3 is 1.97 bits per heavy atom. The number of rotatable bonds is 14. The van der Waals surface area contributed by atoms with Crippen molar-refractivity contribution in [1.82, 2.24) is 0 Å². The minimum absolute atomic E-state index is 1.15. The normalized spacial score (nSPS) is 12.2. The van der Waals surface area contributed by atoms with Crippen molar-refractivity contribution < 1.29 is 0 Å². The molecule has 0 saturated carbocycles. The van der Waals surface area contributed by atoms with Gasteiger partial charge in [-0.2, -0.15) is 0 Å². The highest BCUT2D eigenvalue weighted by molar-refractivity contribution is 5.78. The van der Waals surface area contributed by atoms with Crippen LogP contribution in [0.3, 0.4) is 0 Å². The van der Waals surface area contributed by atoms with Gasteiger partial charge in [0.1, 0.15) is 0 Å². The fraction of sp³-hybridized carbons (Fsp3) is 0.586. The van der Waals surface area contributed by atoms with Gasteiger partial charge in [-0.3, -0.25) is 0 Å². The Hall–Kier alpha value is -1.56. The second kappa shape index (κ2) is 12.2. The molecule has 0 saturated heterocycles.